The molecule has 1 fully saturated rings. The van der Waals surface area contributed by atoms with E-state index < -0.39 is 0 Å². The van der Waals surface area contributed by atoms with Gasteiger partial charge in [-0.05, 0) is 24.3 Å². The van der Waals surface area contributed by atoms with E-state index in [1.807, 2.05) is 24.3 Å². The third-order valence-electron chi connectivity index (χ3n) is 3.03. The van der Waals surface area contributed by atoms with Crippen molar-refractivity contribution in [2.24, 2.45) is 0 Å². The molecular weight excluding hydrogens is 232 g/mol. The Bertz CT molecular complexity index is 399. The van der Waals surface area contributed by atoms with Crippen molar-refractivity contribution in [1.29, 1.82) is 0 Å². The van der Waals surface area contributed by atoms with E-state index in [9.17, 15) is 4.79 Å². The monoisotopic (exact) mass is 250 g/mol. The predicted molar refractivity (Wildman–Crippen MR) is 69.2 cm³/mol. The highest BCUT2D eigenvalue weighted by molar-refractivity contribution is 5.91. The van der Waals surface area contributed by atoms with E-state index in [0.717, 1.165) is 11.4 Å². The minimum atomic E-state index is 0.00321. The average molecular weight is 250 g/mol. The Kier molecular flexibility index (Phi) is 4.04. The number of morpholine rings is 1. The third kappa shape index (κ3) is 2.73. The standard InChI is InChI=1S/C13H18N2O3/c1-14(11-3-5-12(17-2)6-4-11)13(16)15-7-9-18-10-8-15/h3-6H,7-10H2,1-2H3. The van der Waals surface area contributed by atoms with Crippen LogP contribution in [-0.2, 0) is 4.74 Å². The normalized spacial score (nSPS) is 15.3. The van der Waals surface area contributed by atoms with E-state index in [-0.39, 0.29) is 6.03 Å². The number of rotatable bonds is 2. The van der Waals surface area contributed by atoms with Gasteiger partial charge in [-0.15, -0.1) is 0 Å². The lowest BCUT2D eigenvalue weighted by atomic mass is 10.3. The van der Waals surface area contributed by atoms with Crippen molar-refractivity contribution < 1.29 is 14.3 Å². The first-order valence-corrected chi connectivity index (χ1v) is 5.97. The summed E-state index contributed by atoms with van der Waals surface area (Å²) in [6.45, 7) is 2.53. The van der Waals surface area contributed by atoms with Gasteiger partial charge in [0.2, 0.25) is 0 Å². The van der Waals surface area contributed by atoms with E-state index in [1.54, 1.807) is 24.0 Å². The molecule has 2 amide bonds. The van der Waals surface area contributed by atoms with Gasteiger partial charge in [0, 0.05) is 25.8 Å². The lowest BCUT2D eigenvalue weighted by Crippen LogP contribution is -2.47. The summed E-state index contributed by atoms with van der Waals surface area (Å²) in [5, 5.41) is 0. The molecule has 0 aromatic heterocycles. The summed E-state index contributed by atoms with van der Waals surface area (Å²) in [6.07, 6.45) is 0. The van der Waals surface area contributed by atoms with Crippen LogP contribution in [-0.4, -0.2) is 51.4 Å². The molecule has 1 heterocycles. The molecule has 0 aliphatic carbocycles. The number of ether oxygens (including phenoxy) is 2. The van der Waals surface area contributed by atoms with Crippen LogP contribution in [0.3, 0.4) is 0 Å². The van der Waals surface area contributed by atoms with Crippen LogP contribution >= 0.6 is 0 Å². The number of nitrogens with zero attached hydrogens (tertiary/aromatic N) is 2. The summed E-state index contributed by atoms with van der Waals surface area (Å²) in [6, 6.07) is 7.44. The topological polar surface area (TPSA) is 42.0 Å². The minimum Gasteiger partial charge on any atom is -0.497 e. The molecular formula is C13H18N2O3. The maximum Gasteiger partial charge on any atom is 0.324 e. The Balaban J connectivity index is 2.04. The number of carbonyl (C=O) groups excluding carboxylic acids is 1. The van der Waals surface area contributed by atoms with Gasteiger partial charge in [0.1, 0.15) is 5.75 Å². The Morgan fingerprint density at radius 1 is 1.28 bits per heavy atom. The molecule has 1 aromatic carbocycles. The van der Waals surface area contributed by atoms with Gasteiger partial charge in [0.05, 0.1) is 20.3 Å². The van der Waals surface area contributed by atoms with Gasteiger partial charge in [0.15, 0.2) is 0 Å². The second-order valence-electron chi connectivity index (χ2n) is 4.14. The first-order valence-electron chi connectivity index (χ1n) is 5.97. The van der Waals surface area contributed by atoms with Crippen molar-refractivity contribution in [2.45, 2.75) is 0 Å². The average Bonchev–Trinajstić information content (AvgIpc) is 2.47. The first kappa shape index (κ1) is 12.7. The number of urea groups is 1. The highest BCUT2D eigenvalue weighted by Crippen LogP contribution is 2.19. The molecule has 18 heavy (non-hydrogen) atoms. The second-order valence-corrected chi connectivity index (χ2v) is 4.14. The quantitative estimate of drug-likeness (QED) is 0.800. The molecule has 0 N–H and O–H groups in total. The molecule has 5 heteroatoms. The fourth-order valence-corrected chi connectivity index (χ4v) is 1.88. The van der Waals surface area contributed by atoms with Gasteiger partial charge < -0.3 is 14.4 Å². The van der Waals surface area contributed by atoms with Gasteiger partial charge >= 0.3 is 6.03 Å². The van der Waals surface area contributed by atoms with Gasteiger partial charge in [-0.1, -0.05) is 0 Å². The van der Waals surface area contributed by atoms with Crippen LogP contribution in [0.2, 0.25) is 0 Å². The number of methoxy groups -OCH3 is 1. The maximum atomic E-state index is 12.2. The van der Waals surface area contributed by atoms with E-state index in [1.165, 1.54) is 0 Å². The van der Waals surface area contributed by atoms with Crippen molar-refractivity contribution in [2.75, 3.05) is 45.4 Å². The number of hydrogen-bond donors (Lipinski definition) is 0. The third-order valence-corrected chi connectivity index (χ3v) is 3.03. The van der Waals surface area contributed by atoms with E-state index in [2.05, 4.69) is 0 Å². The molecule has 0 radical (unpaired) electrons. The molecule has 0 unspecified atom stereocenters. The van der Waals surface area contributed by atoms with Crippen LogP contribution in [0.25, 0.3) is 0 Å². The summed E-state index contributed by atoms with van der Waals surface area (Å²) >= 11 is 0. The molecule has 0 atom stereocenters. The summed E-state index contributed by atoms with van der Waals surface area (Å²) < 4.78 is 10.3. The SMILES string of the molecule is COc1ccc(N(C)C(=O)N2CCOCC2)cc1. The highest BCUT2D eigenvalue weighted by atomic mass is 16.5. The number of hydrogen-bond acceptors (Lipinski definition) is 3. The number of anilines is 1. The Hall–Kier alpha value is -1.75. The number of amides is 2. The molecule has 0 saturated carbocycles. The lowest BCUT2D eigenvalue weighted by Gasteiger charge is -2.31. The fourth-order valence-electron chi connectivity index (χ4n) is 1.88. The van der Waals surface area contributed by atoms with E-state index >= 15 is 0 Å². The van der Waals surface area contributed by atoms with Gasteiger partial charge in [-0.2, -0.15) is 0 Å². The van der Waals surface area contributed by atoms with Crippen LogP contribution in [0, 0.1) is 0 Å². The molecule has 2 rings (SSSR count). The maximum absolute atomic E-state index is 12.2. The molecule has 1 aromatic rings. The molecule has 98 valence electrons. The second kappa shape index (κ2) is 5.73. The molecule has 0 bridgehead atoms. The molecule has 5 nitrogen and oxygen atoms in total. The molecule has 1 aliphatic heterocycles. The van der Waals surface area contributed by atoms with Crippen LogP contribution in [0.15, 0.2) is 24.3 Å². The summed E-state index contributed by atoms with van der Waals surface area (Å²) in [5.41, 5.74) is 0.854. The van der Waals surface area contributed by atoms with Crippen molar-refractivity contribution in [3.63, 3.8) is 0 Å². The molecule has 1 saturated heterocycles. The zero-order valence-corrected chi connectivity index (χ0v) is 10.8. The number of benzene rings is 1. The summed E-state index contributed by atoms with van der Waals surface area (Å²) in [7, 11) is 3.40. The minimum absolute atomic E-state index is 0.00321. The predicted octanol–water partition coefficient (Wildman–Crippen LogP) is 1.58. The summed E-state index contributed by atoms with van der Waals surface area (Å²) in [4.78, 5) is 15.7. The smallest absolute Gasteiger partial charge is 0.324 e. The van der Waals surface area contributed by atoms with Crippen molar-refractivity contribution in [1.82, 2.24) is 4.90 Å². The first-order chi connectivity index (χ1) is 8.72. The largest absolute Gasteiger partial charge is 0.497 e. The summed E-state index contributed by atoms with van der Waals surface area (Å²) in [5.74, 6) is 0.783. The van der Waals surface area contributed by atoms with Crippen LogP contribution < -0.4 is 9.64 Å². The lowest BCUT2D eigenvalue weighted by molar-refractivity contribution is 0.0551. The van der Waals surface area contributed by atoms with Crippen molar-refractivity contribution in [3.8, 4) is 5.75 Å². The highest BCUT2D eigenvalue weighted by Gasteiger charge is 2.21. The molecule has 0 spiro atoms. The zero-order valence-electron chi connectivity index (χ0n) is 10.8. The van der Waals surface area contributed by atoms with Gasteiger partial charge in [-0.25, -0.2) is 4.79 Å². The van der Waals surface area contributed by atoms with Crippen LogP contribution in [0.1, 0.15) is 0 Å². The Morgan fingerprint density at radius 3 is 2.44 bits per heavy atom. The van der Waals surface area contributed by atoms with Crippen molar-refractivity contribution >= 4 is 11.7 Å². The van der Waals surface area contributed by atoms with Crippen LogP contribution in [0.5, 0.6) is 5.75 Å². The number of carbonyl (C=O) groups is 1. The van der Waals surface area contributed by atoms with Crippen LogP contribution in [0.4, 0.5) is 10.5 Å². The van der Waals surface area contributed by atoms with Gasteiger partial charge in [-0.3, -0.25) is 4.90 Å². The Labute approximate surface area is 107 Å². The zero-order chi connectivity index (χ0) is 13.0. The van der Waals surface area contributed by atoms with E-state index in [0.29, 0.717) is 26.3 Å². The Morgan fingerprint density at radius 2 is 1.89 bits per heavy atom. The van der Waals surface area contributed by atoms with Crippen molar-refractivity contribution in [3.05, 3.63) is 24.3 Å². The van der Waals surface area contributed by atoms with E-state index in [4.69, 9.17) is 9.47 Å². The molecule has 1 aliphatic rings. The fraction of sp³-hybridized carbons (Fsp3) is 0.462. The van der Waals surface area contributed by atoms with Gasteiger partial charge in [0.25, 0.3) is 0 Å².